The van der Waals surface area contributed by atoms with Crippen LogP contribution in [0, 0.1) is 0 Å². The number of benzene rings is 1. The van der Waals surface area contributed by atoms with Crippen molar-refractivity contribution in [1.29, 1.82) is 0 Å². The zero-order valence-electron chi connectivity index (χ0n) is 12.0. The fourth-order valence-corrected chi connectivity index (χ4v) is 2.34. The van der Waals surface area contributed by atoms with Gasteiger partial charge in [-0.05, 0) is 43.1 Å². The largest absolute Gasteiger partial charge is 0.484 e. The fourth-order valence-electron chi connectivity index (χ4n) is 1.95. The average Bonchev–Trinajstić information content (AvgIpc) is 3.28. The van der Waals surface area contributed by atoms with Gasteiger partial charge in [0.25, 0.3) is 5.91 Å². The second kappa shape index (κ2) is 7.09. The van der Waals surface area contributed by atoms with E-state index < -0.39 is 0 Å². The molecule has 0 saturated heterocycles. The maximum absolute atomic E-state index is 11.9. The predicted molar refractivity (Wildman–Crippen MR) is 82.8 cm³/mol. The topological polar surface area (TPSA) is 41.6 Å². The molecule has 1 saturated carbocycles. The lowest BCUT2D eigenvalue weighted by atomic mass is 10.2. The summed E-state index contributed by atoms with van der Waals surface area (Å²) in [7, 11) is 1.85. The standard InChI is InChI=1S/C15H21BrN2O2/c1-3-17-9-11-8-13(6-7-14(11)16)20-10-15(19)18(2)12-4-5-12/h6-8,12,17H,3-5,9-10H2,1-2H3. The molecule has 0 unspecified atom stereocenters. The van der Waals surface area contributed by atoms with Gasteiger partial charge in [-0.15, -0.1) is 0 Å². The summed E-state index contributed by atoms with van der Waals surface area (Å²) in [6, 6.07) is 6.23. The lowest BCUT2D eigenvalue weighted by molar-refractivity contribution is -0.132. The zero-order chi connectivity index (χ0) is 14.5. The van der Waals surface area contributed by atoms with Crippen LogP contribution < -0.4 is 10.1 Å². The Labute approximate surface area is 128 Å². The Balaban J connectivity index is 1.90. The number of hydrogen-bond acceptors (Lipinski definition) is 3. The SMILES string of the molecule is CCNCc1cc(OCC(=O)N(C)C2CC2)ccc1Br. The van der Waals surface area contributed by atoms with Crippen LogP contribution in [0.2, 0.25) is 0 Å². The molecule has 4 nitrogen and oxygen atoms in total. The van der Waals surface area contributed by atoms with Crippen molar-refractivity contribution in [3.8, 4) is 5.75 Å². The Kier molecular flexibility index (Phi) is 5.43. The van der Waals surface area contributed by atoms with Crippen LogP contribution in [0.5, 0.6) is 5.75 Å². The third-order valence-corrected chi connectivity index (χ3v) is 4.21. The van der Waals surface area contributed by atoms with Gasteiger partial charge in [-0.1, -0.05) is 22.9 Å². The Morgan fingerprint density at radius 3 is 2.90 bits per heavy atom. The molecular formula is C15H21BrN2O2. The van der Waals surface area contributed by atoms with Crippen molar-refractivity contribution < 1.29 is 9.53 Å². The summed E-state index contributed by atoms with van der Waals surface area (Å²) in [6.07, 6.45) is 2.24. The molecule has 1 aliphatic carbocycles. The Morgan fingerprint density at radius 1 is 1.50 bits per heavy atom. The van der Waals surface area contributed by atoms with Gasteiger partial charge >= 0.3 is 0 Å². The molecule has 0 heterocycles. The Bertz CT molecular complexity index is 475. The molecule has 1 fully saturated rings. The molecule has 5 heteroatoms. The molecule has 1 amide bonds. The van der Waals surface area contributed by atoms with Gasteiger partial charge in [-0.25, -0.2) is 0 Å². The van der Waals surface area contributed by atoms with E-state index in [9.17, 15) is 4.79 Å². The first-order valence-corrected chi connectivity index (χ1v) is 7.78. The molecular weight excluding hydrogens is 320 g/mol. The van der Waals surface area contributed by atoms with Crippen LogP contribution in [0.3, 0.4) is 0 Å². The number of nitrogens with one attached hydrogen (secondary N) is 1. The number of carbonyl (C=O) groups excluding carboxylic acids is 1. The van der Waals surface area contributed by atoms with Gasteiger partial charge in [-0.3, -0.25) is 4.79 Å². The number of rotatable bonds is 7. The van der Waals surface area contributed by atoms with Crippen LogP contribution in [-0.4, -0.2) is 37.0 Å². The predicted octanol–water partition coefficient (Wildman–Crippen LogP) is 2.56. The number of carbonyl (C=O) groups is 1. The number of likely N-dealkylation sites (N-methyl/N-ethyl adjacent to an activating group) is 1. The van der Waals surface area contributed by atoms with Crippen molar-refractivity contribution in [2.45, 2.75) is 32.4 Å². The molecule has 1 N–H and O–H groups in total. The van der Waals surface area contributed by atoms with Gasteiger partial charge in [0.1, 0.15) is 5.75 Å². The van der Waals surface area contributed by atoms with E-state index in [1.807, 2.05) is 25.2 Å². The number of ether oxygens (including phenoxy) is 1. The second-order valence-corrected chi connectivity index (χ2v) is 5.91. The van der Waals surface area contributed by atoms with Gasteiger partial charge in [-0.2, -0.15) is 0 Å². The van der Waals surface area contributed by atoms with Crippen molar-refractivity contribution in [3.05, 3.63) is 28.2 Å². The van der Waals surface area contributed by atoms with Gasteiger partial charge < -0.3 is 15.0 Å². The first-order valence-electron chi connectivity index (χ1n) is 6.99. The molecule has 110 valence electrons. The van der Waals surface area contributed by atoms with Crippen molar-refractivity contribution in [3.63, 3.8) is 0 Å². The third kappa shape index (κ3) is 4.21. The summed E-state index contributed by atoms with van der Waals surface area (Å²) >= 11 is 3.52. The highest BCUT2D eigenvalue weighted by molar-refractivity contribution is 9.10. The van der Waals surface area contributed by atoms with Crippen LogP contribution in [0.4, 0.5) is 0 Å². The minimum atomic E-state index is 0.0450. The molecule has 0 spiro atoms. The van der Waals surface area contributed by atoms with E-state index in [-0.39, 0.29) is 12.5 Å². The van der Waals surface area contributed by atoms with Crippen LogP contribution in [0.15, 0.2) is 22.7 Å². The highest BCUT2D eigenvalue weighted by Gasteiger charge is 2.29. The first-order chi connectivity index (χ1) is 9.61. The zero-order valence-corrected chi connectivity index (χ0v) is 13.6. The monoisotopic (exact) mass is 340 g/mol. The number of nitrogens with zero attached hydrogens (tertiary/aromatic N) is 1. The number of halogens is 1. The van der Waals surface area contributed by atoms with E-state index in [2.05, 4.69) is 28.2 Å². The van der Waals surface area contributed by atoms with E-state index in [1.54, 1.807) is 4.90 Å². The minimum absolute atomic E-state index is 0.0450. The van der Waals surface area contributed by atoms with Crippen molar-refractivity contribution in [2.24, 2.45) is 0 Å². The van der Waals surface area contributed by atoms with Crippen LogP contribution >= 0.6 is 15.9 Å². The van der Waals surface area contributed by atoms with Gasteiger partial charge in [0.2, 0.25) is 0 Å². The van der Waals surface area contributed by atoms with Crippen LogP contribution in [0.1, 0.15) is 25.3 Å². The second-order valence-electron chi connectivity index (χ2n) is 5.06. The highest BCUT2D eigenvalue weighted by atomic mass is 79.9. The molecule has 2 rings (SSSR count). The van der Waals surface area contributed by atoms with E-state index in [4.69, 9.17) is 4.74 Å². The molecule has 0 radical (unpaired) electrons. The molecule has 0 aliphatic heterocycles. The molecule has 1 aliphatic rings. The smallest absolute Gasteiger partial charge is 0.260 e. The molecule has 0 bridgehead atoms. The van der Waals surface area contributed by atoms with Crippen LogP contribution in [-0.2, 0) is 11.3 Å². The molecule has 0 aromatic heterocycles. The number of amides is 1. The summed E-state index contributed by atoms with van der Waals surface area (Å²) < 4.78 is 6.65. The summed E-state index contributed by atoms with van der Waals surface area (Å²) in [5.74, 6) is 0.780. The maximum Gasteiger partial charge on any atom is 0.260 e. The average molecular weight is 341 g/mol. The van der Waals surface area contributed by atoms with Gasteiger partial charge in [0, 0.05) is 24.1 Å². The van der Waals surface area contributed by atoms with E-state index in [0.717, 1.165) is 41.7 Å². The van der Waals surface area contributed by atoms with E-state index >= 15 is 0 Å². The van der Waals surface area contributed by atoms with Crippen molar-refractivity contribution in [2.75, 3.05) is 20.2 Å². The first kappa shape index (κ1) is 15.3. The summed E-state index contributed by atoms with van der Waals surface area (Å²) in [5, 5.41) is 3.28. The van der Waals surface area contributed by atoms with E-state index in [0.29, 0.717) is 6.04 Å². The van der Waals surface area contributed by atoms with E-state index in [1.165, 1.54) is 0 Å². The minimum Gasteiger partial charge on any atom is -0.484 e. The van der Waals surface area contributed by atoms with Gasteiger partial charge in [0.05, 0.1) is 0 Å². The molecule has 1 aromatic carbocycles. The van der Waals surface area contributed by atoms with Gasteiger partial charge in [0.15, 0.2) is 6.61 Å². The normalized spacial score (nSPS) is 14.2. The number of hydrogen-bond donors (Lipinski definition) is 1. The third-order valence-electron chi connectivity index (χ3n) is 3.43. The molecule has 0 atom stereocenters. The molecule has 20 heavy (non-hydrogen) atoms. The highest BCUT2D eigenvalue weighted by Crippen LogP contribution is 2.26. The maximum atomic E-state index is 11.9. The van der Waals surface area contributed by atoms with Crippen molar-refractivity contribution in [1.82, 2.24) is 10.2 Å². The van der Waals surface area contributed by atoms with Crippen molar-refractivity contribution >= 4 is 21.8 Å². The Hall–Kier alpha value is -1.07. The summed E-state index contributed by atoms with van der Waals surface area (Å²) in [6.45, 7) is 3.88. The summed E-state index contributed by atoms with van der Waals surface area (Å²) in [4.78, 5) is 13.7. The lowest BCUT2D eigenvalue weighted by Crippen LogP contribution is -2.33. The summed E-state index contributed by atoms with van der Waals surface area (Å²) in [5.41, 5.74) is 1.13. The Morgan fingerprint density at radius 2 is 2.25 bits per heavy atom. The quantitative estimate of drug-likeness (QED) is 0.829. The lowest BCUT2D eigenvalue weighted by Gasteiger charge is -2.17. The van der Waals surface area contributed by atoms with Crippen LogP contribution in [0.25, 0.3) is 0 Å². The molecule has 1 aromatic rings. The fraction of sp³-hybridized carbons (Fsp3) is 0.533.